The molecule has 0 saturated carbocycles. The molecule has 2 atom stereocenters. The van der Waals surface area contributed by atoms with Crippen LogP contribution in [-0.2, 0) is 14.6 Å². The van der Waals surface area contributed by atoms with Crippen molar-refractivity contribution in [3.05, 3.63) is 0 Å². The lowest BCUT2D eigenvalue weighted by Crippen LogP contribution is -2.48. The number of hydrogen-bond donors (Lipinski definition) is 1. The molecule has 0 unspecified atom stereocenters. The van der Waals surface area contributed by atoms with Gasteiger partial charge in [0.1, 0.15) is 5.60 Å². The van der Waals surface area contributed by atoms with E-state index in [1.807, 2.05) is 6.07 Å². The highest BCUT2D eigenvalue weighted by molar-refractivity contribution is 7.91. The Balaban J connectivity index is 2.63. The Bertz CT molecular complexity index is 458. The first-order valence-corrected chi connectivity index (χ1v) is 7.55. The Labute approximate surface area is 107 Å². The molecule has 7 heteroatoms. The summed E-state index contributed by atoms with van der Waals surface area (Å²) in [4.78, 5) is 11.6. The summed E-state index contributed by atoms with van der Waals surface area (Å²) < 4.78 is 27.8. The van der Waals surface area contributed by atoms with E-state index in [1.165, 1.54) is 0 Å². The van der Waals surface area contributed by atoms with Crippen molar-refractivity contribution in [1.82, 2.24) is 5.32 Å². The first-order chi connectivity index (χ1) is 8.13. The molecule has 1 saturated heterocycles. The summed E-state index contributed by atoms with van der Waals surface area (Å²) in [5.74, 6) is -0.924. The number of amides is 1. The number of ether oxygens (including phenoxy) is 1. The molecule has 1 heterocycles. The maximum atomic E-state index is 11.6. The maximum Gasteiger partial charge on any atom is 0.407 e. The van der Waals surface area contributed by atoms with Gasteiger partial charge < -0.3 is 10.1 Å². The van der Waals surface area contributed by atoms with Crippen LogP contribution in [0.4, 0.5) is 4.79 Å². The fraction of sp³-hybridized carbons (Fsp3) is 0.818. The van der Waals surface area contributed by atoms with E-state index in [-0.39, 0.29) is 17.9 Å². The van der Waals surface area contributed by atoms with Crippen molar-refractivity contribution in [3.63, 3.8) is 0 Å². The zero-order valence-corrected chi connectivity index (χ0v) is 11.6. The van der Waals surface area contributed by atoms with E-state index in [2.05, 4.69) is 5.32 Å². The summed E-state index contributed by atoms with van der Waals surface area (Å²) in [5, 5.41) is 11.5. The smallest absolute Gasteiger partial charge is 0.407 e. The number of carbonyl (C=O) groups excluding carboxylic acids is 1. The number of nitrogens with one attached hydrogen (secondary N) is 1. The predicted octanol–water partition coefficient (Wildman–Crippen LogP) is 0.838. The molecule has 1 aliphatic rings. The fourth-order valence-electron chi connectivity index (χ4n) is 1.74. The molecule has 102 valence electrons. The first kappa shape index (κ1) is 14.8. The first-order valence-electron chi connectivity index (χ1n) is 5.72. The quantitative estimate of drug-likeness (QED) is 0.764. The Morgan fingerprint density at radius 1 is 1.44 bits per heavy atom. The molecule has 0 aliphatic carbocycles. The minimum Gasteiger partial charge on any atom is -0.444 e. The van der Waals surface area contributed by atoms with Gasteiger partial charge in [-0.2, -0.15) is 5.26 Å². The molecule has 0 radical (unpaired) electrons. The van der Waals surface area contributed by atoms with Crippen LogP contribution in [-0.4, -0.2) is 37.7 Å². The van der Waals surface area contributed by atoms with Gasteiger partial charge in [0, 0.05) is 6.04 Å². The van der Waals surface area contributed by atoms with Crippen molar-refractivity contribution < 1.29 is 17.9 Å². The van der Waals surface area contributed by atoms with Gasteiger partial charge in [-0.05, 0) is 27.2 Å². The third kappa shape index (κ3) is 4.53. The molecular weight excluding hydrogens is 256 g/mol. The molecule has 0 aromatic heterocycles. The van der Waals surface area contributed by atoms with Crippen molar-refractivity contribution in [1.29, 1.82) is 5.26 Å². The number of rotatable bonds is 1. The van der Waals surface area contributed by atoms with E-state index in [9.17, 15) is 13.2 Å². The summed E-state index contributed by atoms with van der Waals surface area (Å²) in [5.41, 5.74) is -0.618. The summed E-state index contributed by atoms with van der Waals surface area (Å²) in [6.07, 6.45) is -0.369. The van der Waals surface area contributed by atoms with Crippen LogP contribution < -0.4 is 5.32 Å². The molecule has 1 rings (SSSR count). The molecule has 1 N–H and O–H groups in total. The molecule has 0 aromatic carbocycles. The molecule has 1 amide bonds. The van der Waals surface area contributed by atoms with Gasteiger partial charge in [-0.1, -0.05) is 0 Å². The minimum absolute atomic E-state index is 0.00829. The Morgan fingerprint density at radius 2 is 2.06 bits per heavy atom. The number of alkyl carbamates (subject to hydrolysis) is 1. The SMILES string of the molecule is CC(C)(C)OC(=O)N[C@@H]1CCS(=O)(=O)C[C@@H]1C#N. The fourth-order valence-corrected chi connectivity index (χ4v) is 3.37. The van der Waals surface area contributed by atoms with Crippen LogP contribution in [0.5, 0.6) is 0 Å². The Morgan fingerprint density at radius 3 is 2.56 bits per heavy atom. The van der Waals surface area contributed by atoms with Crippen molar-refractivity contribution in [2.24, 2.45) is 5.92 Å². The Hall–Kier alpha value is -1.29. The van der Waals surface area contributed by atoms with Crippen LogP contribution >= 0.6 is 0 Å². The second-order valence-electron chi connectivity index (χ2n) is 5.39. The van der Waals surface area contributed by atoms with Gasteiger partial charge in [0.2, 0.25) is 0 Å². The largest absolute Gasteiger partial charge is 0.444 e. The Kier molecular flexibility index (Phi) is 4.22. The van der Waals surface area contributed by atoms with Gasteiger partial charge in [0.25, 0.3) is 0 Å². The summed E-state index contributed by atoms with van der Waals surface area (Å²) in [6, 6.07) is 1.46. The zero-order valence-electron chi connectivity index (χ0n) is 10.8. The summed E-state index contributed by atoms with van der Waals surface area (Å²) in [7, 11) is -3.16. The van der Waals surface area contributed by atoms with Crippen LogP contribution in [0.2, 0.25) is 0 Å². The van der Waals surface area contributed by atoms with E-state index in [0.717, 1.165) is 0 Å². The van der Waals surface area contributed by atoms with Gasteiger partial charge in [-0.3, -0.25) is 0 Å². The molecule has 1 fully saturated rings. The molecule has 0 bridgehead atoms. The highest BCUT2D eigenvalue weighted by atomic mass is 32.2. The van der Waals surface area contributed by atoms with Crippen molar-refractivity contribution in [2.75, 3.05) is 11.5 Å². The number of hydrogen-bond acceptors (Lipinski definition) is 5. The lowest BCUT2D eigenvalue weighted by Gasteiger charge is -2.29. The van der Waals surface area contributed by atoms with Crippen molar-refractivity contribution in [3.8, 4) is 6.07 Å². The van der Waals surface area contributed by atoms with Gasteiger partial charge in [-0.15, -0.1) is 0 Å². The molecule has 0 aromatic rings. The second kappa shape index (κ2) is 5.14. The summed E-state index contributed by atoms with van der Waals surface area (Å²) >= 11 is 0. The van der Waals surface area contributed by atoms with E-state index in [0.29, 0.717) is 0 Å². The average molecular weight is 274 g/mol. The normalized spacial score (nSPS) is 27.0. The molecule has 6 nitrogen and oxygen atoms in total. The lowest BCUT2D eigenvalue weighted by atomic mass is 10.0. The third-order valence-corrected chi connectivity index (χ3v) is 4.25. The van der Waals surface area contributed by atoms with Crippen LogP contribution in [0.3, 0.4) is 0 Å². The number of nitrogens with zero attached hydrogens (tertiary/aromatic N) is 1. The zero-order chi connectivity index (χ0) is 14.0. The van der Waals surface area contributed by atoms with E-state index in [1.54, 1.807) is 20.8 Å². The van der Waals surface area contributed by atoms with E-state index >= 15 is 0 Å². The predicted molar refractivity (Wildman–Crippen MR) is 65.5 cm³/mol. The molecule has 0 spiro atoms. The molecular formula is C11H18N2O4S. The highest BCUT2D eigenvalue weighted by Crippen LogP contribution is 2.19. The minimum atomic E-state index is -3.16. The van der Waals surface area contributed by atoms with Crippen LogP contribution in [0.25, 0.3) is 0 Å². The third-order valence-electron chi connectivity index (χ3n) is 2.53. The standard InChI is InChI=1S/C11H18N2O4S/c1-11(2,3)17-10(14)13-9-4-5-18(15,16)7-8(9)6-12/h8-9H,4-5,7H2,1-3H3,(H,13,14)/t8-,9+/m0/s1. The lowest BCUT2D eigenvalue weighted by molar-refractivity contribution is 0.0493. The number of nitriles is 1. The van der Waals surface area contributed by atoms with Crippen LogP contribution in [0.1, 0.15) is 27.2 Å². The van der Waals surface area contributed by atoms with E-state index in [4.69, 9.17) is 10.00 Å². The maximum absolute atomic E-state index is 11.6. The van der Waals surface area contributed by atoms with Crippen molar-refractivity contribution >= 4 is 15.9 Å². The summed E-state index contributed by atoms with van der Waals surface area (Å²) in [6.45, 7) is 5.21. The van der Waals surface area contributed by atoms with Gasteiger partial charge in [0.05, 0.1) is 23.5 Å². The average Bonchev–Trinajstić information content (AvgIpc) is 2.17. The topological polar surface area (TPSA) is 96.3 Å². The van der Waals surface area contributed by atoms with Crippen LogP contribution in [0.15, 0.2) is 0 Å². The number of sulfone groups is 1. The number of carbonyl (C=O) groups is 1. The van der Waals surface area contributed by atoms with Crippen molar-refractivity contribution in [2.45, 2.75) is 38.8 Å². The van der Waals surface area contributed by atoms with E-state index < -0.39 is 33.5 Å². The monoisotopic (exact) mass is 274 g/mol. The molecule has 18 heavy (non-hydrogen) atoms. The second-order valence-corrected chi connectivity index (χ2v) is 7.62. The van der Waals surface area contributed by atoms with Crippen LogP contribution in [0, 0.1) is 17.2 Å². The highest BCUT2D eigenvalue weighted by Gasteiger charge is 2.34. The van der Waals surface area contributed by atoms with Gasteiger partial charge in [-0.25, -0.2) is 13.2 Å². The van der Waals surface area contributed by atoms with Gasteiger partial charge in [0.15, 0.2) is 9.84 Å². The van der Waals surface area contributed by atoms with Gasteiger partial charge >= 0.3 is 6.09 Å². The molecule has 1 aliphatic heterocycles.